The molecule has 0 saturated heterocycles. The van der Waals surface area contributed by atoms with E-state index in [1.165, 1.54) is 5.56 Å². The zero-order valence-electron chi connectivity index (χ0n) is 7.08. The Balaban J connectivity index is 2.43. The first-order chi connectivity index (χ1) is 5.83. The van der Waals surface area contributed by atoms with Crippen molar-refractivity contribution in [1.29, 1.82) is 5.26 Å². The highest BCUT2D eigenvalue weighted by Gasteiger charge is 1.91. The lowest BCUT2D eigenvalue weighted by Gasteiger charge is -1.99. The van der Waals surface area contributed by atoms with Crippen molar-refractivity contribution >= 4 is 0 Å². The fraction of sp³-hybridized carbons (Fsp3) is 0.300. The highest BCUT2D eigenvalue weighted by atomic mass is 16.5. The number of benzene rings is 1. The van der Waals surface area contributed by atoms with E-state index in [9.17, 15) is 0 Å². The van der Waals surface area contributed by atoms with Gasteiger partial charge in [0.15, 0.2) is 0 Å². The lowest BCUT2D eigenvalue weighted by Crippen LogP contribution is -1.92. The number of ether oxygens (including phenoxy) is 1. The molecule has 0 spiro atoms. The summed E-state index contributed by atoms with van der Waals surface area (Å²) in [5, 5.41) is 8.21. The fourth-order valence-corrected chi connectivity index (χ4v) is 0.899. The van der Waals surface area contributed by atoms with Gasteiger partial charge in [0, 0.05) is 0 Å². The summed E-state index contributed by atoms with van der Waals surface area (Å²) in [7, 11) is 0. The van der Waals surface area contributed by atoms with Gasteiger partial charge in [-0.2, -0.15) is 5.26 Å². The van der Waals surface area contributed by atoms with Crippen molar-refractivity contribution in [2.75, 3.05) is 6.61 Å². The summed E-state index contributed by atoms with van der Waals surface area (Å²) in [6.45, 7) is 2.72. The van der Waals surface area contributed by atoms with Gasteiger partial charge in [-0.3, -0.25) is 0 Å². The van der Waals surface area contributed by atoms with Crippen LogP contribution in [-0.4, -0.2) is 6.61 Å². The number of hydrogen-bond acceptors (Lipinski definition) is 2. The molecule has 2 nitrogen and oxygen atoms in total. The molecule has 0 amide bonds. The second kappa shape index (κ2) is 4.53. The van der Waals surface area contributed by atoms with Crippen molar-refractivity contribution in [3.05, 3.63) is 35.4 Å². The molecule has 2 heteroatoms. The number of aryl methyl sites for hydroxylation is 1. The predicted molar refractivity (Wildman–Crippen MR) is 46.4 cm³/mol. The summed E-state index contributed by atoms with van der Waals surface area (Å²) in [6, 6.07) is 10.0. The van der Waals surface area contributed by atoms with Crippen molar-refractivity contribution < 1.29 is 4.74 Å². The second-order valence-corrected chi connectivity index (χ2v) is 2.64. The van der Waals surface area contributed by atoms with E-state index in [0.717, 1.165) is 5.56 Å². The van der Waals surface area contributed by atoms with E-state index >= 15 is 0 Å². The molecule has 12 heavy (non-hydrogen) atoms. The van der Waals surface area contributed by atoms with Crippen LogP contribution in [0.2, 0.25) is 0 Å². The van der Waals surface area contributed by atoms with Crippen LogP contribution in [0.1, 0.15) is 11.1 Å². The first kappa shape index (κ1) is 8.76. The highest BCUT2D eigenvalue weighted by molar-refractivity contribution is 5.20. The van der Waals surface area contributed by atoms with E-state index in [1.807, 2.05) is 37.3 Å². The first-order valence-electron chi connectivity index (χ1n) is 3.83. The van der Waals surface area contributed by atoms with Crippen molar-refractivity contribution in [2.24, 2.45) is 0 Å². The Labute approximate surface area is 72.4 Å². The third-order valence-corrected chi connectivity index (χ3v) is 1.56. The van der Waals surface area contributed by atoms with Crippen molar-refractivity contribution in [3.8, 4) is 6.07 Å². The maximum atomic E-state index is 8.21. The average molecular weight is 161 g/mol. The summed E-state index contributed by atoms with van der Waals surface area (Å²) in [5.41, 5.74) is 2.34. The van der Waals surface area contributed by atoms with Crippen LogP contribution in [0.25, 0.3) is 0 Å². The Bertz CT molecular complexity index is 271. The minimum atomic E-state index is 0.161. The molecule has 1 rings (SSSR count). The zero-order chi connectivity index (χ0) is 8.81. The molecule has 1 aromatic carbocycles. The summed E-state index contributed by atoms with van der Waals surface area (Å²) in [4.78, 5) is 0. The van der Waals surface area contributed by atoms with Gasteiger partial charge in [0.1, 0.15) is 6.61 Å². The van der Waals surface area contributed by atoms with Gasteiger partial charge in [-0.05, 0) is 12.5 Å². The SMILES string of the molecule is Cc1ccc(COCC#N)cc1. The molecule has 0 fully saturated rings. The molecule has 0 aromatic heterocycles. The standard InChI is InChI=1S/C10H11NO/c1-9-2-4-10(5-3-9)8-12-7-6-11/h2-5H,7-8H2,1H3. The number of nitriles is 1. The average Bonchev–Trinajstić information content (AvgIpc) is 2.09. The lowest BCUT2D eigenvalue weighted by molar-refractivity contribution is 0.152. The monoisotopic (exact) mass is 161 g/mol. The van der Waals surface area contributed by atoms with Gasteiger partial charge in [-0.1, -0.05) is 29.8 Å². The van der Waals surface area contributed by atoms with E-state index in [1.54, 1.807) is 0 Å². The zero-order valence-corrected chi connectivity index (χ0v) is 7.08. The first-order valence-corrected chi connectivity index (χ1v) is 3.83. The van der Waals surface area contributed by atoms with E-state index < -0.39 is 0 Å². The van der Waals surface area contributed by atoms with Crippen molar-refractivity contribution in [3.63, 3.8) is 0 Å². The van der Waals surface area contributed by atoms with Crippen molar-refractivity contribution in [1.82, 2.24) is 0 Å². The molecular formula is C10H11NO. The molecule has 0 atom stereocenters. The van der Waals surface area contributed by atoms with Gasteiger partial charge in [-0.25, -0.2) is 0 Å². The normalized spacial score (nSPS) is 9.33. The van der Waals surface area contributed by atoms with E-state index in [2.05, 4.69) is 0 Å². The number of nitrogens with zero attached hydrogens (tertiary/aromatic N) is 1. The smallest absolute Gasteiger partial charge is 0.134 e. The third-order valence-electron chi connectivity index (χ3n) is 1.56. The Kier molecular flexibility index (Phi) is 3.31. The third kappa shape index (κ3) is 2.73. The summed E-state index contributed by atoms with van der Waals surface area (Å²) in [6.07, 6.45) is 0. The molecule has 0 saturated carbocycles. The van der Waals surface area contributed by atoms with Gasteiger partial charge in [-0.15, -0.1) is 0 Å². The molecular weight excluding hydrogens is 150 g/mol. The van der Waals surface area contributed by atoms with E-state index in [0.29, 0.717) is 6.61 Å². The van der Waals surface area contributed by atoms with E-state index in [4.69, 9.17) is 10.00 Å². The van der Waals surface area contributed by atoms with Crippen LogP contribution in [0, 0.1) is 18.3 Å². The van der Waals surface area contributed by atoms with Gasteiger partial charge >= 0.3 is 0 Å². The number of hydrogen-bond donors (Lipinski definition) is 0. The summed E-state index contributed by atoms with van der Waals surface area (Å²) in [5.74, 6) is 0. The molecule has 0 bridgehead atoms. The van der Waals surface area contributed by atoms with Crippen LogP contribution in [0.3, 0.4) is 0 Å². The molecule has 0 N–H and O–H groups in total. The van der Waals surface area contributed by atoms with Gasteiger partial charge in [0.25, 0.3) is 0 Å². The van der Waals surface area contributed by atoms with Crippen LogP contribution in [0.4, 0.5) is 0 Å². The molecule has 0 aliphatic carbocycles. The Morgan fingerprint density at radius 3 is 2.58 bits per heavy atom. The molecule has 62 valence electrons. The Hall–Kier alpha value is -1.33. The molecule has 0 radical (unpaired) electrons. The summed E-state index contributed by atoms with van der Waals surface area (Å²) < 4.78 is 5.05. The van der Waals surface area contributed by atoms with Gasteiger partial charge in [0.2, 0.25) is 0 Å². The fourth-order valence-electron chi connectivity index (χ4n) is 0.899. The maximum Gasteiger partial charge on any atom is 0.134 e. The van der Waals surface area contributed by atoms with Crippen LogP contribution in [0.15, 0.2) is 24.3 Å². The molecule has 1 aromatic rings. The summed E-state index contributed by atoms with van der Waals surface area (Å²) >= 11 is 0. The molecule has 0 aliphatic heterocycles. The van der Waals surface area contributed by atoms with Gasteiger partial charge < -0.3 is 4.74 Å². The van der Waals surface area contributed by atoms with Crippen LogP contribution in [0.5, 0.6) is 0 Å². The predicted octanol–water partition coefficient (Wildman–Crippen LogP) is 2.04. The van der Waals surface area contributed by atoms with Crippen molar-refractivity contribution in [2.45, 2.75) is 13.5 Å². The highest BCUT2D eigenvalue weighted by Crippen LogP contribution is 2.03. The minimum Gasteiger partial charge on any atom is -0.362 e. The van der Waals surface area contributed by atoms with Crippen LogP contribution in [-0.2, 0) is 11.3 Å². The molecule has 0 heterocycles. The Morgan fingerprint density at radius 2 is 2.00 bits per heavy atom. The van der Waals surface area contributed by atoms with Crippen LogP contribution < -0.4 is 0 Å². The number of rotatable bonds is 3. The lowest BCUT2D eigenvalue weighted by atomic mass is 10.2. The largest absolute Gasteiger partial charge is 0.362 e. The molecule has 0 aliphatic rings. The van der Waals surface area contributed by atoms with E-state index in [-0.39, 0.29) is 6.61 Å². The molecule has 0 unspecified atom stereocenters. The second-order valence-electron chi connectivity index (χ2n) is 2.64. The topological polar surface area (TPSA) is 33.0 Å². The minimum absolute atomic E-state index is 0.161. The Morgan fingerprint density at radius 1 is 1.33 bits per heavy atom. The maximum absolute atomic E-state index is 8.21. The quantitative estimate of drug-likeness (QED) is 0.635. The van der Waals surface area contributed by atoms with Gasteiger partial charge in [0.05, 0.1) is 12.7 Å². The van der Waals surface area contributed by atoms with Crippen LogP contribution >= 0.6 is 0 Å².